The Labute approximate surface area is 168 Å². The van der Waals surface area contributed by atoms with Crippen molar-refractivity contribution in [2.45, 2.75) is 13.3 Å². The quantitative estimate of drug-likeness (QED) is 0.516. The third kappa shape index (κ3) is 4.93. The van der Waals surface area contributed by atoms with Crippen molar-refractivity contribution < 1.29 is 14.2 Å². The van der Waals surface area contributed by atoms with Crippen molar-refractivity contribution in [3.8, 4) is 33.7 Å². The number of aromatic nitrogens is 4. The summed E-state index contributed by atoms with van der Waals surface area (Å²) in [5, 5.41) is 5.26. The number of nitrogens with one attached hydrogen (secondary N) is 1. The van der Waals surface area contributed by atoms with E-state index in [0.29, 0.717) is 24.1 Å². The number of hydrogen-bond donors (Lipinski definition) is 1. The first-order valence-electron chi connectivity index (χ1n) is 8.95. The van der Waals surface area contributed by atoms with E-state index in [1.807, 2.05) is 24.4 Å². The van der Waals surface area contributed by atoms with Crippen LogP contribution in [0.5, 0.6) is 11.9 Å². The fourth-order valence-corrected chi connectivity index (χ4v) is 3.24. The zero-order chi connectivity index (χ0) is 19.8. The maximum atomic E-state index is 5.36. The van der Waals surface area contributed by atoms with Crippen molar-refractivity contribution in [3.05, 3.63) is 29.8 Å². The van der Waals surface area contributed by atoms with Gasteiger partial charge in [0, 0.05) is 37.6 Å². The molecule has 0 spiro atoms. The highest BCUT2D eigenvalue weighted by Crippen LogP contribution is 2.34. The Hall–Kier alpha value is -2.78. The van der Waals surface area contributed by atoms with Gasteiger partial charge in [-0.3, -0.25) is 0 Å². The lowest BCUT2D eigenvalue weighted by Gasteiger charge is -2.11. The molecule has 1 N–H and O–H groups in total. The Kier molecular flexibility index (Phi) is 7.10. The van der Waals surface area contributed by atoms with Gasteiger partial charge in [0.15, 0.2) is 0 Å². The minimum Gasteiger partial charge on any atom is -0.481 e. The monoisotopic (exact) mass is 401 g/mol. The van der Waals surface area contributed by atoms with E-state index >= 15 is 0 Å². The lowest BCUT2D eigenvalue weighted by molar-refractivity contribution is 0.147. The highest BCUT2D eigenvalue weighted by Gasteiger charge is 2.16. The van der Waals surface area contributed by atoms with E-state index < -0.39 is 0 Å². The molecule has 148 valence electrons. The lowest BCUT2D eigenvalue weighted by atomic mass is 10.1. The maximum Gasteiger partial charge on any atom is 0.320 e. The molecule has 0 fully saturated rings. The zero-order valence-electron chi connectivity index (χ0n) is 16.1. The van der Waals surface area contributed by atoms with Gasteiger partial charge in [-0.15, -0.1) is 11.3 Å². The van der Waals surface area contributed by atoms with E-state index in [0.717, 1.165) is 35.7 Å². The molecule has 0 saturated carbocycles. The predicted octanol–water partition coefficient (Wildman–Crippen LogP) is 3.52. The number of thiophene rings is 1. The molecule has 3 aromatic heterocycles. The molecule has 0 radical (unpaired) electrons. The van der Waals surface area contributed by atoms with Gasteiger partial charge in [-0.05, 0) is 24.8 Å². The Morgan fingerprint density at radius 1 is 1.14 bits per heavy atom. The van der Waals surface area contributed by atoms with E-state index in [-0.39, 0.29) is 6.01 Å². The van der Waals surface area contributed by atoms with E-state index in [1.54, 1.807) is 30.7 Å². The molecule has 0 atom stereocenters. The maximum absolute atomic E-state index is 5.36. The third-order valence-electron chi connectivity index (χ3n) is 3.85. The first-order valence-corrected chi connectivity index (χ1v) is 9.83. The van der Waals surface area contributed by atoms with Crippen LogP contribution < -0.4 is 14.8 Å². The average Bonchev–Trinajstić information content (AvgIpc) is 3.28. The van der Waals surface area contributed by atoms with Gasteiger partial charge in [-0.25, -0.2) is 9.97 Å². The van der Waals surface area contributed by atoms with E-state index in [2.05, 4.69) is 20.3 Å². The molecule has 8 nitrogen and oxygen atoms in total. The molecular weight excluding hydrogens is 378 g/mol. The second-order valence-electron chi connectivity index (χ2n) is 5.69. The van der Waals surface area contributed by atoms with Gasteiger partial charge in [-0.2, -0.15) is 9.97 Å². The topological polar surface area (TPSA) is 91.3 Å². The van der Waals surface area contributed by atoms with Gasteiger partial charge >= 0.3 is 6.01 Å². The Bertz CT molecular complexity index is 867. The van der Waals surface area contributed by atoms with E-state index in [4.69, 9.17) is 19.2 Å². The number of methoxy groups -OCH3 is 2. The number of hydrogen-bond acceptors (Lipinski definition) is 9. The van der Waals surface area contributed by atoms with Crippen LogP contribution in [-0.4, -0.2) is 53.9 Å². The molecule has 28 heavy (non-hydrogen) atoms. The molecule has 0 bridgehead atoms. The summed E-state index contributed by atoms with van der Waals surface area (Å²) in [6.07, 6.45) is 2.64. The lowest BCUT2D eigenvalue weighted by Crippen LogP contribution is -2.09. The fraction of sp³-hybridized carbons (Fsp3) is 0.368. The number of anilines is 1. The Balaban J connectivity index is 1.93. The summed E-state index contributed by atoms with van der Waals surface area (Å²) in [5.41, 5.74) is 2.21. The first-order chi connectivity index (χ1) is 13.7. The van der Waals surface area contributed by atoms with Gasteiger partial charge in [-0.1, -0.05) is 6.07 Å². The number of rotatable bonds is 10. The second kappa shape index (κ2) is 9.95. The molecule has 0 aliphatic carbocycles. The van der Waals surface area contributed by atoms with Gasteiger partial charge < -0.3 is 19.5 Å². The molecule has 0 saturated heterocycles. The summed E-state index contributed by atoms with van der Waals surface area (Å²) in [7, 11) is 3.07. The van der Waals surface area contributed by atoms with Gasteiger partial charge in [0.2, 0.25) is 11.8 Å². The molecule has 0 unspecified atom stereocenters. The van der Waals surface area contributed by atoms with Gasteiger partial charge in [0.1, 0.15) is 0 Å². The summed E-state index contributed by atoms with van der Waals surface area (Å²) in [4.78, 5) is 18.8. The van der Waals surface area contributed by atoms with Crippen LogP contribution in [0.2, 0.25) is 0 Å². The van der Waals surface area contributed by atoms with Crippen LogP contribution in [0, 0.1) is 0 Å². The molecule has 3 rings (SSSR count). The minimum atomic E-state index is 0.226. The highest BCUT2D eigenvalue weighted by atomic mass is 32.1. The van der Waals surface area contributed by atoms with Crippen LogP contribution in [0.15, 0.2) is 29.8 Å². The fourth-order valence-electron chi connectivity index (χ4n) is 2.51. The molecule has 3 aromatic rings. The van der Waals surface area contributed by atoms with Crippen molar-refractivity contribution in [2.24, 2.45) is 0 Å². The van der Waals surface area contributed by atoms with Crippen LogP contribution >= 0.6 is 11.3 Å². The van der Waals surface area contributed by atoms with Crippen molar-refractivity contribution >= 4 is 17.3 Å². The zero-order valence-corrected chi connectivity index (χ0v) is 17.0. The second-order valence-corrected chi connectivity index (χ2v) is 6.64. The van der Waals surface area contributed by atoms with Crippen LogP contribution in [0.1, 0.15) is 13.3 Å². The third-order valence-corrected chi connectivity index (χ3v) is 4.72. The van der Waals surface area contributed by atoms with Crippen LogP contribution in [0.3, 0.4) is 0 Å². The van der Waals surface area contributed by atoms with Crippen LogP contribution in [0.4, 0.5) is 5.95 Å². The van der Waals surface area contributed by atoms with E-state index in [9.17, 15) is 0 Å². The van der Waals surface area contributed by atoms with Crippen molar-refractivity contribution in [1.29, 1.82) is 0 Å². The number of ether oxygens (including phenoxy) is 3. The molecule has 9 heteroatoms. The van der Waals surface area contributed by atoms with E-state index in [1.165, 1.54) is 7.11 Å². The molecule has 0 aliphatic rings. The van der Waals surface area contributed by atoms with Gasteiger partial charge in [0.05, 0.1) is 30.5 Å². The molecule has 3 heterocycles. The van der Waals surface area contributed by atoms with Gasteiger partial charge in [0.25, 0.3) is 0 Å². The number of nitrogens with zero attached hydrogens (tertiary/aromatic N) is 4. The molecular formula is C19H23N5O3S. The summed E-state index contributed by atoms with van der Waals surface area (Å²) in [6.45, 7) is 4.15. The van der Waals surface area contributed by atoms with Crippen LogP contribution in [-0.2, 0) is 4.74 Å². The summed E-state index contributed by atoms with van der Waals surface area (Å²) >= 11 is 1.60. The first kappa shape index (κ1) is 20.0. The van der Waals surface area contributed by atoms with Crippen molar-refractivity contribution in [3.63, 3.8) is 0 Å². The average molecular weight is 401 g/mol. The standard InChI is InChI=1S/C19H23N5O3S/c1-4-27-9-6-8-20-18-21-12-13(17(24-18)15-7-5-10-28-15)14-11-16(25-2)23-19(22-14)26-3/h5,7,10-12H,4,6,8-9H2,1-3H3,(H,20,21,24). The largest absolute Gasteiger partial charge is 0.481 e. The van der Waals surface area contributed by atoms with Crippen molar-refractivity contribution in [1.82, 2.24) is 19.9 Å². The summed E-state index contributed by atoms with van der Waals surface area (Å²) in [6, 6.07) is 5.98. The summed E-state index contributed by atoms with van der Waals surface area (Å²) < 4.78 is 15.8. The summed E-state index contributed by atoms with van der Waals surface area (Å²) in [5.74, 6) is 0.980. The normalized spacial score (nSPS) is 10.7. The SMILES string of the molecule is CCOCCCNc1ncc(-c2cc(OC)nc(OC)n2)c(-c2cccs2)n1. The highest BCUT2D eigenvalue weighted by molar-refractivity contribution is 7.13. The minimum absolute atomic E-state index is 0.226. The molecule has 0 aromatic carbocycles. The van der Waals surface area contributed by atoms with Crippen molar-refractivity contribution in [2.75, 3.05) is 39.3 Å². The molecule has 0 amide bonds. The molecule has 0 aliphatic heterocycles. The predicted molar refractivity (Wildman–Crippen MR) is 109 cm³/mol. The van der Waals surface area contributed by atoms with Crippen LogP contribution in [0.25, 0.3) is 21.8 Å². The smallest absolute Gasteiger partial charge is 0.320 e. The Morgan fingerprint density at radius 2 is 2.04 bits per heavy atom. The Morgan fingerprint density at radius 3 is 2.75 bits per heavy atom.